The van der Waals surface area contributed by atoms with Crippen LogP contribution in [0, 0.1) is 6.92 Å². The summed E-state index contributed by atoms with van der Waals surface area (Å²) in [5, 5.41) is 0. The van der Waals surface area contributed by atoms with Crippen molar-refractivity contribution in [2.24, 2.45) is 0 Å². The molecule has 0 nitrogen and oxygen atoms in total. The normalized spacial score (nSPS) is 10.4. The van der Waals surface area contributed by atoms with Gasteiger partial charge in [0.05, 0.1) is 0 Å². The van der Waals surface area contributed by atoms with Crippen molar-refractivity contribution >= 4 is 6.08 Å². The van der Waals surface area contributed by atoms with Crippen LogP contribution in [0.2, 0.25) is 0 Å². The standard InChI is InChI=1S/C13H16.C3H8/c1-4-12(5-2)10-13-9-7-6-8-11(13)3;1-3-2/h4,6-10H,1,5H2,2-3H3;3H2,1-2H3/b12-10+;. The van der Waals surface area contributed by atoms with Gasteiger partial charge < -0.3 is 0 Å². The van der Waals surface area contributed by atoms with Crippen LogP contribution < -0.4 is 0 Å². The van der Waals surface area contributed by atoms with Gasteiger partial charge in [-0.15, -0.1) is 0 Å². The monoisotopic (exact) mass is 216 g/mol. The van der Waals surface area contributed by atoms with Gasteiger partial charge in [0, 0.05) is 0 Å². The van der Waals surface area contributed by atoms with Crippen molar-refractivity contribution in [3.8, 4) is 0 Å². The van der Waals surface area contributed by atoms with Crippen molar-refractivity contribution in [3.63, 3.8) is 0 Å². The molecule has 0 heterocycles. The summed E-state index contributed by atoms with van der Waals surface area (Å²) in [6.45, 7) is 12.3. The van der Waals surface area contributed by atoms with Crippen molar-refractivity contribution in [2.75, 3.05) is 0 Å². The maximum absolute atomic E-state index is 3.79. The Morgan fingerprint density at radius 2 is 1.75 bits per heavy atom. The number of rotatable bonds is 3. The molecule has 0 spiro atoms. The zero-order valence-electron chi connectivity index (χ0n) is 11.1. The molecule has 1 aromatic rings. The number of aryl methyl sites for hydroxylation is 1. The van der Waals surface area contributed by atoms with Crippen LogP contribution in [0.1, 0.15) is 44.7 Å². The fourth-order valence-corrected chi connectivity index (χ4v) is 1.25. The molecule has 0 heteroatoms. The Morgan fingerprint density at radius 1 is 1.19 bits per heavy atom. The highest BCUT2D eigenvalue weighted by atomic mass is 14.0. The molecule has 0 aliphatic carbocycles. The highest BCUT2D eigenvalue weighted by molar-refractivity contribution is 5.58. The lowest BCUT2D eigenvalue weighted by atomic mass is 10.0. The first-order chi connectivity index (χ1) is 7.69. The van der Waals surface area contributed by atoms with Gasteiger partial charge in [0.15, 0.2) is 0 Å². The van der Waals surface area contributed by atoms with Crippen LogP contribution in [0.15, 0.2) is 42.5 Å². The Morgan fingerprint density at radius 3 is 2.19 bits per heavy atom. The molecule has 1 aromatic carbocycles. The number of hydrogen-bond donors (Lipinski definition) is 0. The Balaban J connectivity index is 0.000000673. The second-order valence-corrected chi connectivity index (χ2v) is 3.84. The Kier molecular flexibility index (Phi) is 8.24. The molecule has 88 valence electrons. The Labute approximate surface area is 101 Å². The molecule has 0 saturated heterocycles. The molecule has 0 amide bonds. The van der Waals surface area contributed by atoms with E-state index >= 15 is 0 Å². The summed E-state index contributed by atoms with van der Waals surface area (Å²) in [5.74, 6) is 0. The molecule has 0 bridgehead atoms. The zero-order chi connectivity index (χ0) is 12.4. The summed E-state index contributed by atoms with van der Waals surface area (Å²) in [5.41, 5.74) is 3.89. The predicted molar refractivity (Wildman–Crippen MR) is 75.6 cm³/mol. The molecule has 0 saturated carbocycles. The lowest BCUT2D eigenvalue weighted by Gasteiger charge is -2.01. The second kappa shape index (κ2) is 8.96. The molecular weight excluding hydrogens is 192 g/mol. The van der Waals surface area contributed by atoms with Crippen LogP contribution in [-0.2, 0) is 0 Å². The van der Waals surface area contributed by atoms with E-state index in [4.69, 9.17) is 0 Å². The van der Waals surface area contributed by atoms with Gasteiger partial charge in [0.25, 0.3) is 0 Å². The molecule has 0 radical (unpaired) electrons. The van der Waals surface area contributed by atoms with Gasteiger partial charge in [-0.05, 0) is 30.0 Å². The summed E-state index contributed by atoms with van der Waals surface area (Å²) in [7, 11) is 0. The van der Waals surface area contributed by atoms with Gasteiger partial charge in [-0.25, -0.2) is 0 Å². The van der Waals surface area contributed by atoms with Crippen molar-refractivity contribution < 1.29 is 0 Å². The predicted octanol–water partition coefficient (Wildman–Crippen LogP) is 5.39. The minimum absolute atomic E-state index is 1.04. The van der Waals surface area contributed by atoms with Crippen LogP contribution in [0.25, 0.3) is 6.08 Å². The number of benzene rings is 1. The fourth-order valence-electron chi connectivity index (χ4n) is 1.25. The van der Waals surface area contributed by atoms with E-state index in [2.05, 4.69) is 64.6 Å². The first-order valence-corrected chi connectivity index (χ1v) is 6.08. The lowest BCUT2D eigenvalue weighted by Crippen LogP contribution is -1.81. The molecule has 0 atom stereocenters. The molecule has 0 aliphatic heterocycles. The quantitative estimate of drug-likeness (QED) is 0.594. The lowest BCUT2D eigenvalue weighted by molar-refractivity contribution is 1.09. The number of hydrogen-bond acceptors (Lipinski definition) is 0. The van der Waals surface area contributed by atoms with E-state index in [1.165, 1.54) is 23.1 Å². The molecule has 0 fully saturated rings. The maximum atomic E-state index is 3.79. The minimum Gasteiger partial charge on any atom is -0.0988 e. The molecular formula is C16H24. The third kappa shape index (κ3) is 5.55. The summed E-state index contributed by atoms with van der Waals surface area (Å²) in [6.07, 6.45) is 6.41. The topological polar surface area (TPSA) is 0 Å². The van der Waals surface area contributed by atoms with Crippen molar-refractivity contribution in [2.45, 2.75) is 40.5 Å². The second-order valence-electron chi connectivity index (χ2n) is 3.84. The average Bonchev–Trinajstić information content (AvgIpc) is 2.29. The largest absolute Gasteiger partial charge is 0.0988 e. The summed E-state index contributed by atoms with van der Waals surface area (Å²) in [6, 6.07) is 8.39. The van der Waals surface area contributed by atoms with Crippen molar-refractivity contribution in [1.29, 1.82) is 0 Å². The summed E-state index contributed by atoms with van der Waals surface area (Å²) < 4.78 is 0. The Bertz CT molecular complexity index is 332. The van der Waals surface area contributed by atoms with E-state index in [0.29, 0.717) is 0 Å². The van der Waals surface area contributed by atoms with Gasteiger partial charge >= 0.3 is 0 Å². The zero-order valence-corrected chi connectivity index (χ0v) is 11.1. The van der Waals surface area contributed by atoms with Crippen molar-refractivity contribution in [3.05, 3.63) is 53.6 Å². The van der Waals surface area contributed by atoms with E-state index < -0.39 is 0 Å². The van der Waals surface area contributed by atoms with Gasteiger partial charge in [-0.3, -0.25) is 0 Å². The summed E-state index contributed by atoms with van der Waals surface area (Å²) in [4.78, 5) is 0. The minimum atomic E-state index is 1.04. The van der Waals surface area contributed by atoms with Gasteiger partial charge in [0.1, 0.15) is 0 Å². The molecule has 0 N–H and O–H groups in total. The maximum Gasteiger partial charge on any atom is -0.0225 e. The SMILES string of the molecule is C=C/C(=C\c1ccccc1C)CC.CCC. The third-order valence-electron chi connectivity index (χ3n) is 2.20. The Hall–Kier alpha value is -1.30. The fraction of sp³-hybridized carbons (Fsp3) is 0.375. The molecule has 0 unspecified atom stereocenters. The smallest absolute Gasteiger partial charge is 0.0225 e. The van der Waals surface area contributed by atoms with Gasteiger partial charge in [-0.1, -0.05) is 70.2 Å². The highest BCUT2D eigenvalue weighted by Gasteiger charge is 1.93. The molecule has 0 aliphatic rings. The van der Waals surface area contributed by atoms with E-state index in [0.717, 1.165) is 6.42 Å². The number of allylic oxidation sites excluding steroid dienone is 2. The van der Waals surface area contributed by atoms with Crippen LogP contribution in [0.3, 0.4) is 0 Å². The van der Waals surface area contributed by atoms with Crippen molar-refractivity contribution in [1.82, 2.24) is 0 Å². The molecule has 1 rings (SSSR count). The van der Waals surface area contributed by atoms with Gasteiger partial charge in [0.2, 0.25) is 0 Å². The molecule has 0 aromatic heterocycles. The third-order valence-corrected chi connectivity index (χ3v) is 2.20. The first-order valence-electron chi connectivity index (χ1n) is 6.08. The van der Waals surface area contributed by atoms with Crippen LogP contribution in [0.5, 0.6) is 0 Å². The van der Waals surface area contributed by atoms with Crippen LogP contribution >= 0.6 is 0 Å². The van der Waals surface area contributed by atoms with Crippen LogP contribution in [0.4, 0.5) is 0 Å². The van der Waals surface area contributed by atoms with E-state index in [1.807, 2.05) is 6.08 Å². The van der Waals surface area contributed by atoms with E-state index in [1.54, 1.807) is 0 Å². The van der Waals surface area contributed by atoms with Gasteiger partial charge in [-0.2, -0.15) is 0 Å². The first kappa shape index (κ1) is 14.7. The molecule has 16 heavy (non-hydrogen) atoms. The van der Waals surface area contributed by atoms with E-state index in [9.17, 15) is 0 Å². The summed E-state index contributed by atoms with van der Waals surface area (Å²) >= 11 is 0. The van der Waals surface area contributed by atoms with E-state index in [-0.39, 0.29) is 0 Å². The van der Waals surface area contributed by atoms with Crippen LogP contribution in [-0.4, -0.2) is 0 Å². The highest BCUT2D eigenvalue weighted by Crippen LogP contribution is 2.13. The average molecular weight is 216 g/mol.